The van der Waals surface area contributed by atoms with Gasteiger partial charge in [-0.05, 0) is 38.5 Å². The van der Waals surface area contributed by atoms with Crippen molar-refractivity contribution in [3.05, 3.63) is 23.8 Å². The molecule has 0 unspecified atom stereocenters. The molecule has 0 heterocycles. The zero-order valence-corrected chi connectivity index (χ0v) is 12.3. The Morgan fingerprint density at radius 1 is 1.29 bits per heavy atom. The van der Waals surface area contributed by atoms with Crippen molar-refractivity contribution in [2.75, 3.05) is 11.9 Å². The van der Waals surface area contributed by atoms with Crippen molar-refractivity contribution in [1.82, 2.24) is 5.32 Å². The lowest BCUT2D eigenvalue weighted by Crippen LogP contribution is -2.37. The Balaban J connectivity index is 2.53. The highest BCUT2D eigenvalue weighted by Crippen LogP contribution is 2.24. The Labute approximate surface area is 122 Å². The SMILES string of the molecule is CC(C)(C)OC(=O)NCC(=O)Nc1cc(CO)ccc1O. The molecule has 0 aliphatic rings. The maximum absolute atomic E-state index is 11.7. The zero-order valence-electron chi connectivity index (χ0n) is 12.3. The topological polar surface area (TPSA) is 108 Å². The number of amides is 2. The quantitative estimate of drug-likeness (QED) is 0.627. The third-order valence-electron chi connectivity index (χ3n) is 2.31. The van der Waals surface area contributed by atoms with Gasteiger partial charge in [0, 0.05) is 0 Å². The lowest BCUT2D eigenvalue weighted by Gasteiger charge is -2.19. The van der Waals surface area contributed by atoms with Crippen LogP contribution >= 0.6 is 0 Å². The molecule has 21 heavy (non-hydrogen) atoms. The minimum absolute atomic E-state index is 0.127. The number of rotatable bonds is 4. The van der Waals surface area contributed by atoms with Gasteiger partial charge in [0.15, 0.2) is 0 Å². The number of carbonyl (C=O) groups is 2. The van der Waals surface area contributed by atoms with Gasteiger partial charge < -0.3 is 25.6 Å². The van der Waals surface area contributed by atoms with Gasteiger partial charge in [0.1, 0.15) is 17.9 Å². The molecule has 0 aromatic heterocycles. The first kappa shape index (κ1) is 16.8. The van der Waals surface area contributed by atoms with Gasteiger partial charge in [-0.2, -0.15) is 0 Å². The van der Waals surface area contributed by atoms with Crippen LogP contribution in [-0.4, -0.2) is 34.4 Å². The number of alkyl carbamates (subject to hydrolysis) is 1. The number of anilines is 1. The number of hydrogen-bond acceptors (Lipinski definition) is 5. The van der Waals surface area contributed by atoms with Crippen LogP contribution in [0.15, 0.2) is 18.2 Å². The van der Waals surface area contributed by atoms with Crippen LogP contribution in [0.5, 0.6) is 5.75 Å². The van der Waals surface area contributed by atoms with Crippen molar-refractivity contribution in [2.45, 2.75) is 33.0 Å². The molecule has 0 radical (unpaired) electrons. The summed E-state index contributed by atoms with van der Waals surface area (Å²) in [6.07, 6.45) is -0.703. The lowest BCUT2D eigenvalue weighted by atomic mass is 10.2. The maximum atomic E-state index is 11.7. The molecular formula is C14H20N2O5. The summed E-state index contributed by atoms with van der Waals surface area (Å²) in [4.78, 5) is 23.1. The number of phenols is 1. The van der Waals surface area contributed by atoms with E-state index >= 15 is 0 Å². The molecule has 7 heteroatoms. The van der Waals surface area contributed by atoms with Crippen molar-refractivity contribution in [2.24, 2.45) is 0 Å². The predicted octanol–water partition coefficient (Wildman–Crippen LogP) is 1.35. The van der Waals surface area contributed by atoms with Crippen LogP contribution in [-0.2, 0) is 16.1 Å². The van der Waals surface area contributed by atoms with Gasteiger partial charge in [-0.15, -0.1) is 0 Å². The summed E-state index contributed by atoms with van der Waals surface area (Å²) >= 11 is 0. The molecule has 1 aromatic carbocycles. The second-order valence-corrected chi connectivity index (χ2v) is 5.41. The van der Waals surface area contributed by atoms with Crippen LogP contribution in [0.3, 0.4) is 0 Å². The van der Waals surface area contributed by atoms with Crippen molar-refractivity contribution < 1.29 is 24.5 Å². The zero-order chi connectivity index (χ0) is 16.0. The summed E-state index contributed by atoms with van der Waals surface area (Å²) in [7, 11) is 0. The van der Waals surface area contributed by atoms with Crippen LogP contribution in [0.1, 0.15) is 26.3 Å². The molecule has 0 atom stereocenters. The third-order valence-corrected chi connectivity index (χ3v) is 2.31. The van der Waals surface area contributed by atoms with E-state index in [4.69, 9.17) is 9.84 Å². The number of ether oxygens (including phenoxy) is 1. The highest BCUT2D eigenvalue weighted by molar-refractivity contribution is 5.95. The molecular weight excluding hydrogens is 276 g/mol. The number of phenolic OH excluding ortho intramolecular Hbond substituents is 1. The number of carbonyl (C=O) groups excluding carboxylic acids is 2. The first-order chi connectivity index (χ1) is 9.71. The number of benzene rings is 1. The molecule has 0 aliphatic heterocycles. The number of nitrogens with one attached hydrogen (secondary N) is 2. The van der Waals surface area contributed by atoms with Gasteiger partial charge in [-0.3, -0.25) is 4.79 Å². The van der Waals surface area contributed by atoms with E-state index < -0.39 is 17.6 Å². The van der Waals surface area contributed by atoms with Crippen LogP contribution in [0.2, 0.25) is 0 Å². The first-order valence-corrected chi connectivity index (χ1v) is 6.41. The molecule has 1 rings (SSSR count). The standard InChI is InChI=1S/C14H20N2O5/c1-14(2,3)21-13(20)15-7-12(19)16-10-6-9(8-17)4-5-11(10)18/h4-6,17-18H,7-8H2,1-3H3,(H,15,20)(H,16,19). The molecule has 0 aliphatic carbocycles. The van der Waals surface area contributed by atoms with Crippen LogP contribution in [0.25, 0.3) is 0 Å². The Morgan fingerprint density at radius 2 is 1.95 bits per heavy atom. The van der Waals surface area contributed by atoms with E-state index in [2.05, 4.69) is 10.6 Å². The molecule has 0 saturated carbocycles. The van der Waals surface area contributed by atoms with Gasteiger partial charge in [0.2, 0.25) is 5.91 Å². The summed E-state index contributed by atoms with van der Waals surface area (Å²) in [5.41, 5.74) is 0.0645. The highest BCUT2D eigenvalue weighted by atomic mass is 16.6. The summed E-state index contributed by atoms with van der Waals surface area (Å²) < 4.78 is 4.99. The molecule has 4 N–H and O–H groups in total. The fourth-order valence-electron chi connectivity index (χ4n) is 1.44. The van der Waals surface area contributed by atoms with E-state index in [1.54, 1.807) is 20.8 Å². The van der Waals surface area contributed by atoms with Crippen molar-refractivity contribution >= 4 is 17.7 Å². The smallest absolute Gasteiger partial charge is 0.408 e. The Hall–Kier alpha value is -2.28. The molecule has 0 fully saturated rings. The van der Waals surface area contributed by atoms with E-state index in [0.29, 0.717) is 5.56 Å². The highest BCUT2D eigenvalue weighted by Gasteiger charge is 2.16. The second kappa shape index (κ2) is 6.94. The monoisotopic (exact) mass is 296 g/mol. The van der Waals surface area contributed by atoms with Gasteiger partial charge in [0.25, 0.3) is 0 Å². The lowest BCUT2D eigenvalue weighted by molar-refractivity contribution is -0.115. The van der Waals surface area contributed by atoms with Gasteiger partial charge in [-0.1, -0.05) is 6.07 Å². The van der Waals surface area contributed by atoms with Crippen molar-refractivity contribution in [3.8, 4) is 5.75 Å². The number of hydrogen-bond donors (Lipinski definition) is 4. The normalized spacial score (nSPS) is 10.9. The van der Waals surface area contributed by atoms with E-state index in [1.807, 2.05) is 0 Å². The summed E-state index contributed by atoms with van der Waals surface area (Å²) in [6.45, 7) is 4.64. The van der Waals surface area contributed by atoms with Gasteiger partial charge in [0.05, 0.1) is 12.3 Å². The summed E-state index contributed by atoms with van der Waals surface area (Å²) in [5, 5.41) is 23.3. The maximum Gasteiger partial charge on any atom is 0.408 e. The number of aliphatic hydroxyl groups excluding tert-OH is 1. The molecule has 116 valence electrons. The van der Waals surface area contributed by atoms with Crippen LogP contribution in [0.4, 0.5) is 10.5 Å². The van der Waals surface area contributed by atoms with Crippen molar-refractivity contribution in [3.63, 3.8) is 0 Å². The van der Waals surface area contributed by atoms with Crippen molar-refractivity contribution in [1.29, 1.82) is 0 Å². The second-order valence-electron chi connectivity index (χ2n) is 5.41. The number of aliphatic hydroxyl groups is 1. The van der Waals surface area contributed by atoms with E-state index in [1.165, 1.54) is 18.2 Å². The van der Waals surface area contributed by atoms with E-state index in [-0.39, 0.29) is 24.6 Å². The fraction of sp³-hybridized carbons (Fsp3) is 0.429. The summed E-state index contributed by atoms with van der Waals surface area (Å²) in [5.74, 6) is -0.649. The van der Waals surface area contributed by atoms with Gasteiger partial charge in [-0.25, -0.2) is 4.79 Å². The predicted molar refractivity (Wildman–Crippen MR) is 76.9 cm³/mol. The first-order valence-electron chi connectivity index (χ1n) is 6.41. The fourth-order valence-corrected chi connectivity index (χ4v) is 1.44. The van der Waals surface area contributed by atoms with Gasteiger partial charge >= 0.3 is 6.09 Å². The largest absolute Gasteiger partial charge is 0.506 e. The molecule has 0 bridgehead atoms. The molecule has 0 saturated heterocycles. The molecule has 7 nitrogen and oxygen atoms in total. The molecule has 0 spiro atoms. The van der Waals surface area contributed by atoms with E-state index in [0.717, 1.165) is 0 Å². The average molecular weight is 296 g/mol. The summed E-state index contributed by atoms with van der Waals surface area (Å²) in [6, 6.07) is 4.34. The third kappa shape index (κ3) is 6.13. The average Bonchev–Trinajstić information content (AvgIpc) is 2.37. The van der Waals surface area contributed by atoms with E-state index in [9.17, 15) is 14.7 Å². The Kier molecular flexibility index (Phi) is 5.54. The molecule has 2 amide bonds. The minimum Gasteiger partial charge on any atom is -0.506 e. The Morgan fingerprint density at radius 3 is 2.52 bits per heavy atom. The van der Waals surface area contributed by atoms with Crippen LogP contribution in [0, 0.1) is 0 Å². The molecule has 1 aromatic rings. The van der Waals surface area contributed by atoms with Crippen LogP contribution < -0.4 is 10.6 Å². The number of aromatic hydroxyl groups is 1. The minimum atomic E-state index is -0.703. The Bertz CT molecular complexity index is 523.